The molecule has 4 aromatic rings. The number of hydrogen-bond acceptors (Lipinski definition) is 5. The molecule has 1 N–H and O–H groups in total. The van der Waals surface area contributed by atoms with Gasteiger partial charge in [0.25, 0.3) is 0 Å². The van der Waals surface area contributed by atoms with Crippen LogP contribution >= 0.6 is 0 Å². The molecular weight excluding hydrogens is 357 g/mol. The van der Waals surface area contributed by atoms with Gasteiger partial charge in [0.1, 0.15) is 23.1 Å². The van der Waals surface area contributed by atoms with Gasteiger partial charge in [0.2, 0.25) is 0 Å². The zero-order chi connectivity index (χ0) is 19.5. The Hall–Kier alpha value is -3.85. The van der Waals surface area contributed by atoms with Gasteiger partial charge in [-0.2, -0.15) is 5.26 Å². The molecule has 0 atom stereocenters. The number of methoxy groups -OCH3 is 1. The molecule has 0 spiro atoms. The van der Waals surface area contributed by atoms with Crippen molar-refractivity contribution < 1.29 is 13.5 Å². The number of furan rings is 1. The minimum atomic E-state index is -0.416. The van der Waals surface area contributed by atoms with Crippen LogP contribution in [0.3, 0.4) is 0 Å². The molecule has 4 rings (SSSR count). The first-order valence-corrected chi connectivity index (χ1v) is 8.63. The third-order valence-corrected chi connectivity index (χ3v) is 4.51. The predicted octanol–water partition coefficient (Wildman–Crippen LogP) is 5.13. The number of halogens is 1. The van der Waals surface area contributed by atoms with Gasteiger partial charge in [-0.05, 0) is 35.7 Å². The summed E-state index contributed by atoms with van der Waals surface area (Å²) in [5, 5.41) is 14.2. The lowest BCUT2D eigenvalue weighted by Gasteiger charge is -2.14. The Labute approximate surface area is 161 Å². The Morgan fingerprint density at radius 3 is 2.79 bits per heavy atom. The molecule has 28 heavy (non-hydrogen) atoms. The van der Waals surface area contributed by atoms with Crippen molar-refractivity contribution in [2.24, 2.45) is 0 Å². The van der Waals surface area contributed by atoms with Crippen molar-refractivity contribution in [3.63, 3.8) is 0 Å². The molecule has 0 saturated heterocycles. The number of anilines is 1. The minimum Gasteiger partial charge on any atom is -0.497 e. The average Bonchev–Trinajstić information content (AvgIpc) is 3.25. The molecule has 0 saturated carbocycles. The number of hydrogen-bond donors (Lipinski definition) is 1. The fourth-order valence-corrected chi connectivity index (χ4v) is 3.16. The van der Waals surface area contributed by atoms with Crippen molar-refractivity contribution in [1.29, 1.82) is 5.26 Å². The fraction of sp³-hybridized carbons (Fsp3) is 0.0909. The molecule has 0 aliphatic rings. The zero-order valence-electron chi connectivity index (χ0n) is 15.1. The molecule has 6 heteroatoms. The lowest BCUT2D eigenvalue weighted by atomic mass is 9.97. The van der Waals surface area contributed by atoms with Crippen LogP contribution in [0, 0.1) is 17.1 Å². The SMILES string of the molecule is COc1ccc(-c2cnc(NCc3ccco3)c3c(C#N)cccc23)c(F)c1. The Kier molecular flexibility index (Phi) is 4.65. The summed E-state index contributed by atoms with van der Waals surface area (Å²) in [7, 11) is 1.49. The highest BCUT2D eigenvalue weighted by Crippen LogP contribution is 2.35. The molecule has 2 aromatic heterocycles. The molecule has 0 amide bonds. The maximum absolute atomic E-state index is 14.7. The number of nitriles is 1. The number of fused-ring (bicyclic) bond motifs is 1. The average molecular weight is 373 g/mol. The largest absolute Gasteiger partial charge is 0.497 e. The monoisotopic (exact) mass is 373 g/mol. The molecule has 0 aliphatic carbocycles. The van der Waals surface area contributed by atoms with Crippen LogP contribution in [-0.4, -0.2) is 12.1 Å². The van der Waals surface area contributed by atoms with Crippen molar-refractivity contribution in [2.75, 3.05) is 12.4 Å². The number of pyridine rings is 1. The van der Waals surface area contributed by atoms with E-state index >= 15 is 0 Å². The Morgan fingerprint density at radius 2 is 2.07 bits per heavy atom. The molecule has 5 nitrogen and oxygen atoms in total. The molecule has 0 fully saturated rings. The van der Waals surface area contributed by atoms with Crippen LogP contribution in [0.5, 0.6) is 5.75 Å². The predicted molar refractivity (Wildman–Crippen MR) is 104 cm³/mol. The fourth-order valence-electron chi connectivity index (χ4n) is 3.16. The number of nitrogens with one attached hydrogen (secondary N) is 1. The summed E-state index contributed by atoms with van der Waals surface area (Å²) in [6.45, 7) is 0.422. The Bertz CT molecular complexity index is 1180. The Morgan fingerprint density at radius 1 is 1.18 bits per heavy atom. The first-order valence-electron chi connectivity index (χ1n) is 8.63. The maximum Gasteiger partial charge on any atom is 0.135 e. The van der Waals surface area contributed by atoms with Crippen LogP contribution < -0.4 is 10.1 Å². The highest BCUT2D eigenvalue weighted by atomic mass is 19.1. The summed E-state index contributed by atoms with van der Waals surface area (Å²) in [6, 6.07) is 15.9. The van der Waals surface area contributed by atoms with Gasteiger partial charge in [-0.25, -0.2) is 9.37 Å². The standard InChI is InChI=1S/C22H16FN3O2/c1-27-15-7-8-17(20(23)10-15)19-13-26-22(25-12-16-5-3-9-28-16)21-14(11-24)4-2-6-18(19)21/h2-10,13H,12H2,1H3,(H,25,26). The van der Waals surface area contributed by atoms with E-state index < -0.39 is 5.82 Å². The molecule has 2 aromatic carbocycles. The van der Waals surface area contributed by atoms with Gasteiger partial charge < -0.3 is 14.5 Å². The third kappa shape index (κ3) is 3.14. The van der Waals surface area contributed by atoms with Gasteiger partial charge in [0.05, 0.1) is 31.6 Å². The van der Waals surface area contributed by atoms with E-state index in [2.05, 4.69) is 16.4 Å². The number of ether oxygens (including phenoxy) is 1. The summed E-state index contributed by atoms with van der Waals surface area (Å²) >= 11 is 0. The second-order valence-corrected chi connectivity index (χ2v) is 6.14. The number of benzene rings is 2. The first kappa shape index (κ1) is 17.6. The number of nitrogens with zero attached hydrogens (tertiary/aromatic N) is 2. The summed E-state index contributed by atoms with van der Waals surface area (Å²) in [5.41, 5.74) is 1.46. The van der Waals surface area contributed by atoms with Gasteiger partial charge in [-0.15, -0.1) is 0 Å². The highest BCUT2D eigenvalue weighted by Gasteiger charge is 2.16. The van der Waals surface area contributed by atoms with Crippen molar-refractivity contribution in [2.45, 2.75) is 6.54 Å². The summed E-state index contributed by atoms with van der Waals surface area (Å²) in [5.74, 6) is 1.31. The minimum absolute atomic E-state index is 0.394. The van der Waals surface area contributed by atoms with E-state index in [1.54, 1.807) is 42.8 Å². The van der Waals surface area contributed by atoms with Crippen LogP contribution in [0.2, 0.25) is 0 Å². The maximum atomic E-state index is 14.7. The van der Waals surface area contributed by atoms with Gasteiger partial charge in [0, 0.05) is 28.8 Å². The van der Waals surface area contributed by atoms with E-state index in [0.717, 1.165) is 11.1 Å². The Balaban J connectivity index is 1.86. The van der Waals surface area contributed by atoms with Crippen LogP contribution in [0.15, 0.2) is 65.4 Å². The summed E-state index contributed by atoms with van der Waals surface area (Å²) in [6.07, 6.45) is 3.21. The summed E-state index contributed by atoms with van der Waals surface area (Å²) in [4.78, 5) is 4.47. The molecule has 0 bridgehead atoms. The van der Waals surface area contributed by atoms with E-state index in [1.807, 2.05) is 12.1 Å². The highest BCUT2D eigenvalue weighted by molar-refractivity contribution is 6.04. The summed E-state index contributed by atoms with van der Waals surface area (Å²) < 4.78 is 25.1. The van der Waals surface area contributed by atoms with Gasteiger partial charge in [-0.1, -0.05) is 12.1 Å². The van der Waals surface area contributed by atoms with Crippen LogP contribution in [0.25, 0.3) is 21.9 Å². The van der Waals surface area contributed by atoms with E-state index in [9.17, 15) is 9.65 Å². The van der Waals surface area contributed by atoms with Crippen molar-refractivity contribution in [3.8, 4) is 22.9 Å². The molecule has 0 radical (unpaired) electrons. The van der Waals surface area contributed by atoms with Gasteiger partial charge in [0.15, 0.2) is 0 Å². The number of rotatable bonds is 5. The normalized spacial score (nSPS) is 10.6. The van der Waals surface area contributed by atoms with Gasteiger partial charge in [-0.3, -0.25) is 0 Å². The van der Waals surface area contributed by atoms with Crippen LogP contribution in [0.1, 0.15) is 11.3 Å². The topological polar surface area (TPSA) is 71.1 Å². The molecular formula is C22H16FN3O2. The second kappa shape index (κ2) is 7.41. The van der Waals surface area contributed by atoms with E-state index in [4.69, 9.17) is 9.15 Å². The molecule has 0 aliphatic heterocycles. The molecule has 2 heterocycles. The number of aromatic nitrogens is 1. The zero-order valence-corrected chi connectivity index (χ0v) is 15.1. The van der Waals surface area contributed by atoms with E-state index in [-0.39, 0.29) is 0 Å². The smallest absolute Gasteiger partial charge is 0.135 e. The van der Waals surface area contributed by atoms with E-state index in [1.165, 1.54) is 13.2 Å². The van der Waals surface area contributed by atoms with Crippen molar-refractivity contribution in [3.05, 3.63) is 78.1 Å². The first-order chi connectivity index (χ1) is 13.7. The van der Waals surface area contributed by atoms with Crippen molar-refractivity contribution >= 4 is 16.6 Å². The quantitative estimate of drug-likeness (QED) is 0.525. The lowest BCUT2D eigenvalue weighted by molar-refractivity contribution is 0.411. The molecule has 0 unspecified atom stereocenters. The molecule has 138 valence electrons. The van der Waals surface area contributed by atoms with Gasteiger partial charge >= 0.3 is 0 Å². The second-order valence-electron chi connectivity index (χ2n) is 6.14. The van der Waals surface area contributed by atoms with Crippen molar-refractivity contribution in [1.82, 2.24) is 4.98 Å². The lowest BCUT2D eigenvalue weighted by Crippen LogP contribution is -2.03. The third-order valence-electron chi connectivity index (χ3n) is 4.51. The van der Waals surface area contributed by atoms with E-state index in [0.29, 0.717) is 40.2 Å². The van der Waals surface area contributed by atoms with Crippen LogP contribution in [0.4, 0.5) is 10.2 Å². The van der Waals surface area contributed by atoms with Crippen LogP contribution in [-0.2, 0) is 6.54 Å².